The van der Waals surface area contributed by atoms with E-state index in [-0.39, 0.29) is 6.04 Å². The predicted octanol–water partition coefficient (Wildman–Crippen LogP) is 8.43. The molecule has 0 aliphatic carbocycles. The van der Waals surface area contributed by atoms with Crippen LogP contribution in [-0.4, -0.2) is 0 Å². The summed E-state index contributed by atoms with van der Waals surface area (Å²) < 4.78 is 0. The topological polar surface area (TPSA) is 26.0 Å². The van der Waals surface area contributed by atoms with Gasteiger partial charge < -0.3 is 5.73 Å². The molecule has 0 heterocycles. The fourth-order valence-corrected chi connectivity index (χ4v) is 4.36. The van der Waals surface area contributed by atoms with E-state index in [2.05, 4.69) is 73.7 Å². The Labute approximate surface area is 177 Å². The summed E-state index contributed by atoms with van der Waals surface area (Å²) in [5.41, 5.74) is 10.5. The van der Waals surface area contributed by atoms with Crippen LogP contribution in [0.15, 0.2) is 66.7 Å². The van der Waals surface area contributed by atoms with Crippen molar-refractivity contribution in [2.45, 2.75) is 77.2 Å². The molecule has 3 aromatic rings. The summed E-state index contributed by atoms with van der Waals surface area (Å²) in [7, 11) is 0. The Bertz CT molecular complexity index is 862. The van der Waals surface area contributed by atoms with Crippen LogP contribution in [0.3, 0.4) is 0 Å². The maximum atomic E-state index is 6.67. The minimum Gasteiger partial charge on any atom is -0.324 e. The molecule has 0 radical (unpaired) electrons. The maximum Gasteiger partial charge on any atom is 0.0301 e. The average Bonchev–Trinajstić information content (AvgIpc) is 2.77. The highest BCUT2D eigenvalue weighted by atomic mass is 14.6. The standard InChI is InChI=1S/C28H37N/c1-2-3-4-5-6-7-8-9-10-22-28(29)27-20-14-13-19-26(27)25-21-15-17-23-16-11-12-18-24(23)25/h11-21,28H,2-10,22,29H2,1H3. The molecule has 0 aliphatic heterocycles. The number of rotatable bonds is 12. The Morgan fingerprint density at radius 2 is 1.21 bits per heavy atom. The lowest BCUT2D eigenvalue weighted by Crippen LogP contribution is -2.11. The highest BCUT2D eigenvalue weighted by Crippen LogP contribution is 2.34. The van der Waals surface area contributed by atoms with Crippen molar-refractivity contribution in [2.24, 2.45) is 5.73 Å². The SMILES string of the molecule is CCCCCCCCCCCC(N)c1ccccc1-c1cccc2ccccc12. The molecule has 0 aromatic heterocycles. The minimum absolute atomic E-state index is 0.106. The number of unbranched alkanes of at least 4 members (excludes halogenated alkanes) is 8. The van der Waals surface area contributed by atoms with Gasteiger partial charge >= 0.3 is 0 Å². The fourth-order valence-electron chi connectivity index (χ4n) is 4.36. The average molecular weight is 388 g/mol. The first kappa shape index (κ1) is 21.6. The Balaban J connectivity index is 1.58. The van der Waals surface area contributed by atoms with Crippen LogP contribution in [0, 0.1) is 0 Å². The zero-order valence-electron chi connectivity index (χ0n) is 18.1. The number of fused-ring (bicyclic) bond motifs is 1. The van der Waals surface area contributed by atoms with Crippen LogP contribution in [0.2, 0.25) is 0 Å². The summed E-state index contributed by atoms with van der Waals surface area (Å²) in [6.07, 6.45) is 13.3. The second kappa shape index (κ2) is 11.8. The van der Waals surface area contributed by atoms with Gasteiger partial charge in [0.25, 0.3) is 0 Å². The number of nitrogens with two attached hydrogens (primary N) is 1. The lowest BCUT2D eigenvalue weighted by Gasteiger charge is -2.18. The molecular formula is C28H37N. The third kappa shape index (κ3) is 6.18. The molecule has 1 unspecified atom stereocenters. The third-order valence-corrected chi connectivity index (χ3v) is 6.06. The molecule has 154 valence electrons. The Morgan fingerprint density at radius 3 is 2.00 bits per heavy atom. The van der Waals surface area contributed by atoms with Gasteiger partial charge in [0.05, 0.1) is 0 Å². The molecule has 1 nitrogen and oxygen atoms in total. The fraction of sp³-hybridized carbons (Fsp3) is 0.429. The Morgan fingerprint density at radius 1 is 0.621 bits per heavy atom. The van der Waals surface area contributed by atoms with E-state index in [0.717, 1.165) is 6.42 Å². The van der Waals surface area contributed by atoms with E-state index in [1.54, 1.807) is 0 Å². The van der Waals surface area contributed by atoms with Crippen molar-refractivity contribution in [1.82, 2.24) is 0 Å². The predicted molar refractivity (Wildman–Crippen MR) is 128 cm³/mol. The maximum absolute atomic E-state index is 6.67. The molecule has 1 atom stereocenters. The van der Waals surface area contributed by atoms with Crippen molar-refractivity contribution in [1.29, 1.82) is 0 Å². The summed E-state index contributed by atoms with van der Waals surface area (Å²) in [5.74, 6) is 0. The Kier molecular flexibility index (Phi) is 8.77. The number of hydrogen-bond acceptors (Lipinski definition) is 1. The van der Waals surface area contributed by atoms with Crippen molar-refractivity contribution in [3.63, 3.8) is 0 Å². The summed E-state index contributed by atoms with van der Waals surface area (Å²) in [4.78, 5) is 0. The summed E-state index contributed by atoms with van der Waals surface area (Å²) in [5, 5.41) is 2.59. The number of benzene rings is 3. The second-order valence-electron chi connectivity index (χ2n) is 8.34. The van der Waals surface area contributed by atoms with Crippen molar-refractivity contribution >= 4 is 10.8 Å². The minimum atomic E-state index is 0.106. The normalized spacial score (nSPS) is 12.3. The first-order valence-electron chi connectivity index (χ1n) is 11.6. The smallest absolute Gasteiger partial charge is 0.0301 e. The lowest BCUT2D eigenvalue weighted by molar-refractivity contribution is 0.532. The van der Waals surface area contributed by atoms with Crippen LogP contribution in [0.5, 0.6) is 0 Å². The van der Waals surface area contributed by atoms with Crippen molar-refractivity contribution < 1.29 is 0 Å². The van der Waals surface area contributed by atoms with Crippen molar-refractivity contribution in [3.05, 3.63) is 72.3 Å². The third-order valence-electron chi connectivity index (χ3n) is 6.06. The van der Waals surface area contributed by atoms with Gasteiger partial charge in [0, 0.05) is 6.04 Å². The van der Waals surface area contributed by atoms with Gasteiger partial charge in [-0.05, 0) is 33.9 Å². The zero-order valence-corrected chi connectivity index (χ0v) is 18.1. The highest BCUT2D eigenvalue weighted by Gasteiger charge is 2.13. The monoisotopic (exact) mass is 387 g/mol. The van der Waals surface area contributed by atoms with E-state index < -0.39 is 0 Å². The van der Waals surface area contributed by atoms with Crippen LogP contribution in [0.1, 0.15) is 82.7 Å². The molecule has 29 heavy (non-hydrogen) atoms. The van der Waals surface area contributed by atoms with Gasteiger partial charge in [-0.3, -0.25) is 0 Å². The first-order valence-corrected chi connectivity index (χ1v) is 11.6. The van der Waals surface area contributed by atoms with E-state index in [0.29, 0.717) is 0 Å². The van der Waals surface area contributed by atoms with Crippen molar-refractivity contribution in [2.75, 3.05) is 0 Å². The van der Waals surface area contributed by atoms with Gasteiger partial charge in [0.2, 0.25) is 0 Å². The van der Waals surface area contributed by atoms with Crippen LogP contribution < -0.4 is 5.73 Å². The molecule has 0 saturated heterocycles. The van der Waals surface area contributed by atoms with E-state index in [4.69, 9.17) is 5.73 Å². The van der Waals surface area contributed by atoms with Gasteiger partial charge in [-0.25, -0.2) is 0 Å². The Hall–Kier alpha value is -2.12. The zero-order chi connectivity index (χ0) is 20.3. The van der Waals surface area contributed by atoms with Gasteiger partial charge in [0.1, 0.15) is 0 Å². The van der Waals surface area contributed by atoms with Crippen molar-refractivity contribution in [3.8, 4) is 11.1 Å². The molecule has 0 saturated carbocycles. The first-order chi connectivity index (χ1) is 14.3. The molecule has 3 rings (SSSR count). The molecule has 2 N–H and O–H groups in total. The molecule has 3 aromatic carbocycles. The van der Waals surface area contributed by atoms with E-state index in [1.165, 1.54) is 85.3 Å². The van der Waals surface area contributed by atoms with Crippen LogP contribution >= 0.6 is 0 Å². The molecule has 0 spiro atoms. The summed E-state index contributed by atoms with van der Waals surface area (Å²) in [6.45, 7) is 2.28. The summed E-state index contributed by atoms with van der Waals surface area (Å²) in [6, 6.07) is 24.0. The van der Waals surface area contributed by atoms with E-state index in [9.17, 15) is 0 Å². The summed E-state index contributed by atoms with van der Waals surface area (Å²) >= 11 is 0. The quantitative estimate of drug-likeness (QED) is 0.310. The molecule has 0 aliphatic rings. The largest absolute Gasteiger partial charge is 0.324 e. The van der Waals surface area contributed by atoms with Gasteiger partial charge in [-0.2, -0.15) is 0 Å². The van der Waals surface area contributed by atoms with Gasteiger partial charge in [-0.1, -0.05) is 131 Å². The molecule has 0 fully saturated rings. The lowest BCUT2D eigenvalue weighted by atomic mass is 9.90. The second-order valence-corrected chi connectivity index (χ2v) is 8.34. The van der Waals surface area contributed by atoms with Gasteiger partial charge in [0.15, 0.2) is 0 Å². The molecular weight excluding hydrogens is 350 g/mol. The van der Waals surface area contributed by atoms with Crippen LogP contribution in [-0.2, 0) is 0 Å². The molecule has 0 bridgehead atoms. The molecule has 0 amide bonds. The highest BCUT2D eigenvalue weighted by molar-refractivity contribution is 5.97. The van der Waals surface area contributed by atoms with Gasteiger partial charge in [-0.15, -0.1) is 0 Å². The van der Waals surface area contributed by atoms with E-state index in [1.807, 2.05) is 0 Å². The van der Waals surface area contributed by atoms with Crippen LogP contribution in [0.25, 0.3) is 21.9 Å². The number of hydrogen-bond donors (Lipinski definition) is 1. The van der Waals surface area contributed by atoms with Crippen LogP contribution in [0.4, 0.5) is 0 Å². The molecule has 1 heteroatoms. The van der Waals surface area contributed by atoms with E-state index >= 15 is 0 Å².